The van der Waals surface area contributed by atoms with E-state index in [0.29, 0.717) is 47.7 Å². The molecule has 2 aliphatic heterocycles. The first-order valence-electron chi connectivity index (χ1n) is 10.9. The fourth-order valence-electron chi connectivity index (χ4n) is 4.88. The van der Waals surface area contributed by atoms with Gasteiger partial charge in [-0.15, -0.1) is 11.3 Å². The minimum absolute atomic E-state index is 0.0638. The molecule has 0 bridgehead atoms. The van der Waals surface area contributed by atoms with Crippen molar-refractivity contribution < 1.29 is 13.2 Å². The highest BCUT2D eigenvalue weighted by molar-refractivity contribution is 7.89. The van der Waals surface area contributed by atoms with E-state index < -0.39 is 15.6 Å². The van der Waals surface area contributed by atoms with Gasteiger partial charge in [0.05, 0.1) is 11.7 Å². The van der Waals surface area contributed by atoms with Crippen molar-refractivity contribution in [3.8, 4) is 0 Å². The Morgan fingerprint density at radius 1 is 1.16 bits per heavy atom. The fourth-order valence-corrected chi connectivity index (χ4v) is 8.07. The molecular formula is C21H30N4O4S2. The molecule has 10 heteroatoms. The van der Waals surface area contributed by atoms with Gasteiger partial charge in [0.1, 0.15) is 16.3 Å². The molecule has 0 spiro atoms. The Balaban J connectivity index is 1.70. The number of nitrogens with zero attached hydrogens (tertiary/aromatic N) is 4. The molecule has 1 amide bonds. The summed E-state index contributed by atoms with van der Waals surface area (Å²) in [6, 6.07) is 0. The van der Waals surface area contributed by atoms with Crippen LogP contribution in [-0.2, 0) is 21.4 Å². The minimum Gasteiger partial charge on any atom is -0.341 e. The molecule has 8 nitrogen and oxygen atoms in total. The van der Waals surface area contributed by atoms with E-state index in [-0.39, 0.29) is 22.7 Å². The number of fused-ring (bicyclic) bond motifs is 1. The number of sulfonamides is 1. The van der Waals surface area contributed by atoms with Crippen LogP contribution in [0.5, 0.6) is 0 Å². The van der Waals surface area contributed by atoms with Crippen LogP contribution in [0.4, 0.5) is 0 Å². The van der Waals surface area contributed by atoms with Gasteiger partial charge in [-0.05, 0) is 38.0 Å². The lowest BCUT2D eigenvalue weighted by Gasteiger charge is -2.35. The van der Waals surface area contributed by atoms with E-state index in [4.69, 9.17) is 0 Å². The van der Waals surface area contributed by atoms with Crippen molar-refractivity contribution in [1.82, 2.24) is 18.8 Å². The van der Waals surface area contributed by atoms with Gasteiger partial charge >= 0.3 is 0 Å². The third-order valence-electron chi connectivity index (χ3n) is 6.24. The normalized spacial score (nSPS) is 23.4. The number of hydrogen-bond acceptors (Lipinski definition) is 6. The molecule has 4 rings (SSSR count). The van der Waals surface area contributed by atoms with Gasteiger partial charge in [0.2, 0.25) is 15.9 Å². The summed E-state index contributed by atoms with van der Waals surface area (Å²) in [5.74, 6) is 0.714. The molecule has 0 aliphatic carbocycles. The molecule has 31 heavy (non-hydrogen) atoms. The average molecular weight is 467 g/mol. The van der Waals surface area contributed by atoms with Crippen LogP contribution in [0.15, 0.2) is 16.0 Å². The lowest BCUT2D eigenvalue weighted by atomic mass is 9.92. The van der Waals surface area contributed by atoms with Crippen LogP contribution in [0, 0.1) is 18.8 Å². The third-order valence-corrected chi connectivity index (χ3v) is 9.45. The number of aryl methyl sites for hydroxylation is 1. The second-order valence-electron chi connectivity index (χ2n) is 9.05. The second-order valence-corrected chi connectivity index (χ2v) is 12.1. The van der Waals surface area contributed by atoms with Crippen molar-refractivity contribution in [3.63, 3.8) is 0 Å². The molecule has 2 unspecified atom stereocenters. The molecular weight excluding hydrogens is 436 g/mol. The Labute approximate surface area is 186 Å². The zero-order valence-electron chi connectivity index (χ0n) is 18.3. The Morgan fingerprint density at radius 2 is 1.81 bits per heavy atom. The summed E-state index contributed by atoms with van der Waals surface area (Å²) < 4.78 is 29.5. The number of aromatic nitrogens is 2. The average Bonchev–Trinajstić information content (AvgIpc) is 3.07. The first-order chi connectivity index (χ1) is 14.7. The van der Waals surface area contributed by atoms with Gasteiger partial charge in [-0.3, -0.25) is 14.2 Å². The lowest BCUT2D eigenvalue weighted by molar-refractivity contribution is -0.134. The van der Waals surface area contributed by atoms with Crippen molar-refractivity contribution in [1.29, 1.82) is 0 Å². The van der Waals surface area contributed by atoms with Crippen LogP contribution in [0.25, 0.3) is 10.2 Å². The Kier molecular flexibility index (Phi) is 6.24. The van der Waals surface area contributed by atoms with E-state index in [9.17, 15) is 18.0 Å². The highest BCUT2D eigenvalue weighted by Gasteiger charge is 2.33. The summed E-state index contributed by atoms with van der Waals surface area (Å²) in [7, 11) is -3.78. The van der Waals surface area contributed by atoms with Crippen molar-refractivity contribution in [3.05, 3.63) is 21.6 Å². The maximum atomic E-state index is 13.4. The Bertz CT molecular complexity index is 1140. The maximum Gasteiger partial charge on any atom is 0.263 e. The topological polar surface area (TPSA) is 92.6 Å². The van der Waals surface area contributed by atoms with Gasteiger partial charge in [-0.25, -0.2) is 13.4 Å². The molecule has 0 saturated carbocycles. The summed E-state index contributed by atoms with van der Waals surface area (Å²) in [4.78, 5) is 33.4. The number of carbonyl (C=O) groups is 1. The van der Waals surface area contributed by atoms with Crippen molar-refractivity contribution in [2.45, 2.75) is 57.9 Å². The molecule has 2 aromatic rings. The molecule has 2 fully saturated rings. The zero-order chi connectivity index (χ0) is 22.3. The molecule has 0 aromatic carbocycles. The van der Waals surface area contributed by atoms with Gasteiger partial charge in [0, 0.05) is 31.1 Å². The number of rotatable bonds is 4. The van der Waals surface area contributed by atoms with Gasteiger partial charge in [0.15, 0.2) is 0 Å². The quantitative estimate of drug-likeness (QED) is 0.690. The van der Waals surface area contributed by atoms with E-state index >= 15 is 0 Å². The SMILES string of the molecule is Cc1sc2ncn(CC(=O)N3CC(C)CC(C)C3)c(=O)c2c1S(=O)(=O)N1CCCCC1. The summed E-state index contributed by atoms with van der Waals surface area (Å²) >= 11 is 1.21. The predicted molar refractivity (Wildman–Crippen MR) is 121 cm³/mol. The molecule has 2 saturated heterocycles. The van der Waals surface area contributed by atoms with Crippen LogP contribution in [0.2, 0.25) is 0 Å². The molecule has 2 atom stereocenters. The van der Waals surface area contributed by atoms with Crippen molar-refractivity contribution in [2.75, 3.05) is 26.2 Å². The number of carbonyl (C=O) groups excluding carboxylic acids is 1. The van der Waals surface area contributed by atoms with E-state index in [0.717, 1.165) is 25.7 Å². The van der Waals surface area contributed by atoms with Crippen LogP contribution >= 0.6 is 11.3 Å². The number of piperidine rings is 2. The number of amides is 1. The third kappa shape index (κ3) is 4.29. The van der Waals surface area contributed by atoms with Crippen LogP contribution < -0.4 is 5.56 Å². The standard InChI is InChI=1S/C21H30N4O4S2/c1-14-9-15(2)11-23(10-14)17(26)12-24-13-22-20-18(21(24)27)19(16(3)30-20)31(28,29)25-7-5-4-6-8-25/h13-15H,4-12H2,1-3H3. The van der Waals surface area contributed by atoms with Gasteiger partial charge in [-0.2, -0.15) is 4.31 Å². The molecule has 170 valence electrons. The van der Waals surface area contributed by atoms with E-state index in [1.807, 2.05) is 0 Å². The van der Waals surface area contributed by atoms with Gasteiger partial charge in [0.25, 0.3) is 5.56 Å². The first-order valence-corrected chi connectivity index (χ1v) is 13.2. The molecule has 0 radical (unpaired) electrons. The minimum atomic E-state index is -3.78. The van der Waals surface area contributed by atoms with E-state index in [1.165, 1.54) is 26.5 Å². The van der Waals surface area contributed by atoms with Crippen LogP contribution in [0.3, 0.4) is 0 Å². The molecule has 0 N–H and O–H groups in total. The summed E-state index contributed by atoms with van der Waals surface area (Å²) in [6.07, 6.45) is 5.11. The summed E-state index contributed by atoms with van der Waals surface area (Å²) in [5.41, 5.74) is -0.462. The smallest absolute Gasteiger partial charge is 0.263 e. The van der Waals surface area contributed by atoms with Crippen LogP contribution in [-0.4, -0.2) is 59.3 Å². The van der Waals surface area contributed by atoms with Gasteiger partial charge < -0.3 is 4.90 Å². The Hall–Kier alpha value is -1.78. The van der Waals surface area contributed by atoms with Crippen molar-refractivity contribution >= 4 is 37.5 Å². The Morgan fingerprint density at radius 3 is 2.45 bits per heavy atom. The number of thiophene rings is 1. The predicted octanol–water partition coefficient (Wildman–Crippen LogP) is 2.45. The van der Waals surface area contributed by atoms with E-state index in [2.05, 4.69) is 18.8 Å². The van der Waals surface area contributed by atoms with E-state index in [1.54, 1.807) is 11.8 Å². The molecule has 2 aliphatic rings. The number of hydrogen-bond donors (Lipinski definition) is 0. The van der Waals surface area contributed by atoms with Crippen LogP contribution in [0.1, 0.15) is 44.4 Å². The largest absolute Gasteiger partial charge is 0.341 e. The monoisotopic (exact) mass is 466 g/mol. The lowest BCUT2D eigenvalue weighted by Crippen LogP contribution is -2.45. The first kappa shape index (κ1) is 22.4. The maximum absolute atomic E-state index is 13.4. The number of likely N-dealkylation sites (tertiary alicyclic amines) is 1. The van der Waals surface area contributed by atoms with Gasteiger partial charge in [-0.1, -0.05) is 20.3 Å². The highest BCUT2D eigenvalue weighted by atomic mass is 32.2. The zero-order valence-corrected chi connectivity index (χ0v) is 20.0. The summed E-state index contributed by atoms with van der Waals surface area (Å²) in [5, 5.41) is 0.115. The molecule has 2 aromatic heterocycles. The van der Waals surface area contributed by atoms with Crippen molar-refractivity contribution in [2.24, 2.45) is 11.8 Å². The molecule has 4 heterocycles. The second kappa shape index (κ2) is 8.63. The fraction of sp³-hybridized carbons (Fsp3) is 0.667. The highest BCUT2D eigenvalue weighted by Crippen LogP contribution is 2.33. The summed E-state index contributed by atoms with van der Waals surface area (Å²) in [6.45, 7) is 8.14.